The van der Waals surface area contributed by atoms with Gasteiger partial charge in [0.2, 0.25) is 0 Å². The van der Waals surface area contributed by atoms with Crippen molar-refractivity contribution in [1.82, 2.24) is 0 Å². The zero-order valence-corrected chi connectivity index (χ0v) is 11.2. The molecular formula is C13H15BrF2O. The zero-order valence-electron chi connectivity index (χ0n) is 9.63. The number of alkyl halides is 1. The van der Waals surface area contributed by atoms with Crippen LogP contribution in [0, 0.1) is 17.6 Å². The molecule has 1 heterocycles. The van der Waals surface area contributed by atoms with Gasteiger partial charge in [-0.25, -0.2) is 8.78 Å². The van der Waals surface area contributed by atoms with Crippen molar-refractivity contribution in [3.63, 3.8) is 0 Å². The topological polar surface area (TPSA) is 9.23 Å². The molecule has 3 atom stereocenters. The van der Waals surface area contributed by atoms with E-state index in [0.29, 0.717) is 18.4 Å². The normalized spacial score (nSPS) is 26.1. The van der Waals surface area contributed by atoms with Gasteiger partial charge in [0.25, 0.3) is 0 Å². The zero-order chi connectivity index (χ0) is 12.4. The standard InChI is InChI=1S/C13H15BrF2O/c1-8-4-10(7-17-8)11(14)5-9-2-3-12(15)13(16)6-9/h2-3,6,8,10-11H,4-5,7H2,1H3. The summed E-state index contributed by atoms with van der Waals surface area (Å²) in [5.41, 5.74) is 0.810. The van der Waals surface area contributed by atoms with E-state index in [9.17, 15) is 8.78 Å². The van der Waals surface area contributed by atoms with Gasteiger partial charge in [-0.3, -0.25) is 0 Å². The largest absolute Gasteiger partial charge is 0.378 e. The Bertz CT molecular complexity index is 397. The number of halogens is 3. The molecule has 0 bridgehead atoms. The van der Waals surface area contributed by atoms with Gasteiger partial charge in [-0.2, -0.15) is 0 Å². The fourth-order valence-electron chi connectivity index (χ4n) is 2.16. The molecule has 0 aliphatic carbocycles. The molecule has 2 rings (SSSR count). The van der Waals surface area contributed by atoms with E-state index in [-0.39, 0.29) is 4.83 Å². The lowest BCUT2D eigenvalue weighted by Crippen LogP contribution is -2.17. The summed E-state index contributed by atoms with van der Waals surface area (Å²) in [6, 6.07) is 4.08. The predicted octanol–water partition coefficient (Wildman–Crippen LogP) is 3.70. The first-order chi connectivity index (χ1) is 8.06. The van der Waals surface area contributed by atoms with E-state index in [0.717, 1.165) is 18.6 Å². The molecule has 0 spiro atoms. The van der Waals surface area contributed by atoms with Crippen molar-refractivity contribution in [1.29, 1.82) is 0 Å². The van der Waals surface area contributed by atoms with Gasteiger partial charge in [-0.15, -0.1) is 0 Å². The average molecular weight is 305 g/mol. The van der Waals surface area contributed by atoms with Crippen molar-refractivity contribution in [3.05, 3.63) is 35.4 Å². The number of hydrogen-bond acceptors (Lipinski definition) is 1. The fourth-order valence-corrected chi connectivity index (χ4v) is 2.90. The Morgan fingerprint density at radius 1 is 1.41 bits per heavy atom. The van der Waals surface area contributed by atoms with Gasteiger partial charge in [0, 0.05) is 4.83 Å². The minimum atomic E-state index is -0.794. The van der Waals surface area contributed by atoms with Gasteiger partial charge in [-0.1, -0.05) is 22.0 Å². The van der Waals surface area contributed by atoms with Gasteiger partial charge in [0.15, 0.2) is 11.6 Å². The van der Waals surface area contributed by atoms with Crippen molar-refractivity contribution < 1.29 is 13.5 Å². The van der Waals surface area contributed by atoms with Crippen LogP contribution in [0.4, 0.5) is 8.78 Å². The minimum Gasteiger partial charge on any atom is -0.378 e. The van der Waals surface area contributed by atoms with Gasteiger partial charge in [0.05, 0.1) is 12.7 Å². The van der Waals surface area contributed by atoms with Crippen LogP contribution in [-0.2, 0) is 11.2 Å². The monoisotopic (exact) mass is 304 g/mol. The lowest BCUT2D eigenvalue weighted by Gasteiger charge is -2.16. The van der Waals surface area contributed by atoms with Crippen LogP contribution in [0.3, 0.4) is 0 Å². The molecule has 0 N–H and O–H groups in total. The maximum Gasteiger partial charge on any atom is 0.159 e. The molecule has 1 aromatic rings. The SMILES string of the molecule is CC1CC(C(Br)Cc2ccc(F)c(F)c2)CO1. The Morgan fingerprint density at radius 3 is 2.76 bits per heavy atom. The van der Waals surface area contributed by atoms with E-state index in [1.54, 1.807) is 6.07 Å². The van der Waals surface area contributed by atoms with Crippen molar-refractivity contribution in [3.8, 4) is 0 Å². The van der Waals surface area contributed by atoms with Gasteiger partial charge in [0.1, 0.15) is 0 Å². The van der Waals surface area contributed by atoms with Crippen LogP contribution < -0.4 is 0 Å². The maximum absolute atomic E-state index is 13.1. The van der Waals surface area contributed by atoms with Crippen LogP contribution in [0.15, 0.2) is 18.2 Å². The molecule has 0 amide bonds. The lowest BCUT2D eigenvalue weighted by atomic mass is 9.97. The Labute approximate surface area is 108 Å². The second-order valence-corrected chi connectivity index (χ2v) is 5.78. The summed E-state index contributed by atoms with van der Waals surface area (Å²) in [5, 5.41) is 0. The molecule has 1 nitrogen and oxygen atoms in total. The van der Waals surface area contributed by atoms with Crippen molar-refractivity contribution in [2.24, 2.45) is 5.92 Å². The average Bonchev–Trinajstić information content (AvgIpc) is 2.70. The molecule has 0 saturated carbocycles. The van der Waals surface area contributed by atoms with Crippen LogP contribution in [0.25, 0.3) is 0 Å². The quantitative estimate of drug-likeness (QED) is 0.774. The first-order valence-corrected chi connectivity index (χ1v) is 6.67. The Hall–Kier alpha value is -0.480. The van der Waals surface area contributed by atoms with Crippen molar-refractivity contribution in [2.45, 2.75) is 30.7 Å². The molecule has 1 aliphatic heterocycles. The number of rotatable bonds is 3. The van der Waals surface area contributed by atoms with E-state index in [4.69, 9.17) is 4.74 Å². The number of hydrogen-bond donors (Lipinski definition) is 0. The molecule has 0 radical (unpaired) electrons. The maximum atomic E-state index is 13.1. The molecule has 1 aromatic carbocycles. The van der Waals surface area contributed by atoms with Crippen molar-refractivity contribution >= 4 is 15.9 Å². The highest BCUT2D eigenvalue weighted by Gasteiger charge is 2.28. The molecule has 4 heteroatoms. The molecule has 1 aliphatic rings. The fraction of sp³-hybridized carbons (Fsp3) is 0.538. The summed E-state index contributed by atoms with van der Waals surface area (Å²) in [7, 11) is 0. The highest BCUT2D eigenvalue weighted by Crippen LogP contribution is 2.29. The lowest BCUT2D eigenvalue weighted by molar-refractivity contribution is 0.120. The molecule has 1 fully saturated rings. The van der Waals surface area contributed by atoms with Crippen LogP contribution >= 0.6 is 15.9 Å². The summed E-state index contributed by atoms with van der Waals surface area (Å²) in [4.78, 5) is 0.248. The Kier molecular flexibility index (Phi) is 4.15. The van der Waals surface area contributed by atoms with Crippen LogP contribution in [0.2, 0.25) is 0 Å². The minimum absolute atomic E-state index is 0.248. The molecule has 17 heavy (non-hydrogen) atoms. The third-order valence-corrected chi connectivity index (χ3v) is 4.23. The Balaban J connectivity index is 1.98. The summed E-state index contributed by atoms with van der Waals surface area (Å²) < 4.78 is 31.3. The molecule has 3 unspecified atom stereocenters. The summed E-state index contributed by atoms with van der Waals surface area (Å²) in [6.45, 7) is 2.79. The van der Waals surface area contributed by atoms with Crippen LogP contribution in [-0.4, -0.2) is 17.5 Å². The van der Waals surface area contributed by atoms with E-state index >= 15 is 0 Å². The smallest absolute Gasteiger partial charge is 0.159 e. The second-order valence-electron chi connectivity index (χ2n) is 4.61. The highest BCUT2D eigenvalue weighted by molar-refractivity contribution is 9.09. The summed E-state index contributed by atoms with van der Waals surface area (Å²) >= 11 is 3.62. The summed E-state index contributed by atoms with van der Waals surface area (Å²) in [6.07, 6.45) is 2.00. The first-order valence-electron chi connectivity index (χ1n) is 5.76. The highest BCUT2D eigenvalue weighted by atomic mass is 79.9. The number of ether oxygens (including phenoxy) is 1. The molecule has 1 saturated heterocycles. The predicted molar refractivity (Wildman–Crippen MR) is 66.3 cm³/mol. The summed E-state index contributed by atoms with van der Waals surface area (Å²) in [5.74, 6) is -1.13. The van der Waals surface area contributed by atoms with E-state index in [2.05, 4.69) is 22.9 Å². The second kappa shape index (κ2) is 5.44. The van der Waals surface area contributed by atoms with E-state index in [1.807, 2.05) is 0 Å². The van der Waals surface area contributed by atoms with Crippen LogP contribution in [0.5, 0.6) is 0 Å². The third kappa shape index (κ3) is 3.26. The van der Waals surface area contributed by atoms with Crippen molar-refractivity contribution in [2.75, 3.05) is 6.61 Å². The number of benzene rings is 1. The third-order valence-electron chi connectivity index (χ3n) is 3.16. The van der Waals surface area contributed by atoms with E-state index in [1.165, 1.54) is 12.1 Å². The first kappa shape index (κ1) is 13.0. The Morgan fingerprint density at radius 2 is 2.18 bits per heavy atom. The van der Waals surface area contributed by atoms with Crippen LogP contribution in [0.1, 0.15) is 18.9 Å². The van der Waals surface area contributed by atoms with E-state index < -0.39 is 11.6 Å². The molecule has 94 valence electrons. The van der Waals surface area contributed by atoms with Gasteiger partial charge in [-0.05, 0) is 43.4 Å². The molecule has 0 aromatic heterocycles. The van der Waals surface area contributed by atoms with Gasteiger partial charge < -0.3 is 4.74 Å². The van der Waals surface area contributed by atoms with Gasteiger partial charge >= 0.3 is 0 Å². The molecular weight excluding hydrogens is 290 g/mol.